The third-order valence-corrected chi connectivity index (χ3v) is 3.48. The van der Waals surface area contributed by atoms with Crippen LogP contribution in [0.25, 0.3) is 11.3 Å². The standard InChI is InChI=1S/C14H14FN3O2/c15-11-4-2-1-3-9(11)14-10-8-18(13(19)7-16)6-5-12(10)20-17-14/h1-4H,5-8,16H2. The summed E-state index contributed by atoms with van der Waals surface area (Å²) in [5, 5.41) is 3.96. The zero-order valence-electron chi connectivity index (χ0n) is 10.8. The minimum atomic E-state index is -0.356. The van der Waals surface area contributed by atoms with Crippen LogP contribution in [0.15, 0.2) is 28.8 Å². The third kappa shape index (κ3) is 2.08. The molecule has 2 heterocycles. The molecular formula is C14H14FN3O2. The molecule has 2 N–H and O–H groups in total. The van der Waals surface area contributed by atoms with Crippen LogP contribution < -0.4 is 5.73 Å². The number of carbonyl (C=O) groups excluding carboxylic acids is 1. The molecule has 0 spiro atoms. The van der Waals surface area contributed by atoms with Gasteiger partial charge in [0.2, 0.25) is 5.91 Å². The smallest absolute Gasteiger partial charge is 0.236 e. The van der Waals surface area contributed by atoms with Gasteiger partial charge in [0, 0.05) is 24.1 Å². The molecule has 1 amide bonds. The highest BCUT2D eigenvalue weighted by Gasteiger charge is 2.27. The highest BCUT2D eigenvalue weighted by Crippen LogP contribution is 2.31. The number of fused-ring (bicyclic) bond motifs is 1. The minimum Gasteiger partial charge on any atom is -0.360 e. The average molecular weight is 275 g/mol. The predicted molar refractivity (Wildman–Crippen MR) is 70.1 cm³/mol. The van der Waals surface area contributed by atoms with E-state index in [9.17, 15) is 9.18 Å². The molecule has 0 saturated carbocycles. The zero-order valence-corrected chi connectivity index (χ0v) is 10.8. The second-order valence-corrected chi connectivity index (χ2v) is 4.68. The molecule has 5 nitrogen and oxygen atoms in total. The number of hydrogen-bond donors (Lipinski definition) is 1. The molecule has 1 aromatic carbocycles. The Morgan fingerprint density at radius 3 is 3.00 bits per heavy atom. The van der Waals surface area contributed by atoms with Gasteiger partial charge >= 0.3 is 0 Å². The summed E-state index contributed by atoms with van der Waals surface area (Å²) in [7, 11) is 0. The normalized spacial score (nSPS) is 14.2. The second kappa shape index (κ2) is 5.05. The van der Waals surface area contributed by atoms with Crippen LogP contribution in [0.1, 0.15) is 11.3 Å². The van der Waals surface area contributed by atoms with Crippen LogP contribution in [-0.4, -0.2) is 29.1 Å². The molecule has 0 radical (unpaired) electrons. The van der Waals surface area contributed by atoms with Gasteiger partial charge < -0.3 is 15.2 Å². The fourth-order valence-corrected chi connectivity index (χ4v) is 2.42. The Bertz CT molecular complexity index is 654. The van der Waals surface area contributed by atoms with Crippen LogP contribution >= 0.6 is 0 Å². The van der Waals surface area contributed by atoms with Gasteiger partial charge in [0.1, 0.15) is 17.3 Å². The molecule has 0 aliphatic carbocycles. The van der Waals surface area contributed by atoms with Crippen LogP contribution in [0.3, 0.4) is 0 Å². The molecule has 1 aromatic heterocycles. The molecule has 0 atom stereocenters. The Balaban J connectivity index is 1.99. The predicted octanol–water partition coefficient (Wildman–Crippen LogP) is 1.32. The van der Waals surface area contributed by atoms with Crippen LogP contribution in [0.5, 0.6) is 0 Å². The van der Waals surface area contributed by atoms with Crippen molar-refractivity contribution in [2.45, 2.75) is 13.0 Å². The lowest BCUT2D eigenvalue weighted by molar-refractivity contribution is -0.130. The van der Waals surface area contributed by atoms with Crippen molar-refractivity contribution in [1.82, 2.24) is 10.1 Å². The van der Waals surface area contributed by atoms with Crippen molar-refractivity contribution in [1.29, 1.82) is 0 Å². The molecule has 104 valence electrons. The number of rotatable bonds is 2. The van der Waals surface area contributed by atoms with Crippen molar-refractivity contribution in [3.05, 3.63) is 41.4 Å². The number of benzene rings is 1. The van der Waals surface area contributed by atoms with E-state index in [4.69, 9.17) is 10.3 Å². The molecule has 3 rings (SSSR count). The number of carbonyl (C=O) groups is 1. The molecule has 6 heteroatoms. The van der Waals surface area contributed by atoms with Crippen molar-refractivity contribution < 1.29 is 13.7 Å². The van der Waals surface area contributed by atoms with E-state index >= 15 is 0 Å². The van der Waals surface area contributed by atoms with Gasteiger partial charge in [-0.2, -0.15) is 0 Å². The summed E-state index contributed by atoms with van der Waals surface area (Å²) in [6.45, 7) is 0.878. The van der Waals surface area contributed by atoms with Gasteiger partial charge in [0.05, 0.1) is 13.1 Å². The first-order valence-electron chi connectivity index (χ1n) is 6.41. The second-order valence-electron chi connectivity index (χ2n) is 4.68. The van der Waals surface area contributed by atoms with Crippen molar-refractivity contribution in [3.63, 3.8) is 0 Å². The third-order valence-electron chi connectivity index (χ3n) is 3.48. The van der Waals surface area contributed by atoms with Crippen LogP contribution in [0.2, 0.25) is 0 Å². The van der Waals surface area contributed by atoms with Crippen molar-refractivity contribution in [3.8, 4) is 11.3 Å². The van der Waals surface area contributed by atoms with Crippen LogP contribution in [-0.2, 0) is 17.8 Å². The Labute approximate surface area is 115 Å². The molecule has 0 saturated heterocycles. The lowest BCUT2D eigenvalue weighted by atomic mass is 10.0. The molecular weight excluding hydrogens is 261 g/mol. The first-order chi connectivity index (χ1) is 9.70. The fraction of sp³-hybridized carbons (Fsp3) is 0.286. The largest absolute Gasteiger partial charge is 0.360 e. The van der Waals surface area contributed by atoms with Crippen LogP contribution in [0, 0.1) is 5.82 Å². The Kier molecular flexibility index (Phi) is 3.23. The Hall–Kier alpha value is -2.21. The summed E-state index contributed by atoms with van der Waals surface area (Å²) in [4.78, 5) is 13.3. The van der Waals surface area contributed by atoms with Gasteiger partial charge in [-0.3, -0.25) is 4.79 Å². The molecule has 1 aliphatic heterocycles. The molecule has 1 aliphatic rings. The van der Waals surface area contributed by atoms with E-state index in [2.05, 4.69) is 5.16 Å². The average Bonchev–Trinajstić information content (AvgIpc) is 2.90. The number of nitrogens with zero attached hydrogens (tertiary/aromatic N) is 2. The fourth-order valence-electron chi connectivity index (χ4n) is 2.42. The Morgan fingerprint density at radius 2 is 2.25 bits per heavy atom. The Morgan fingerprint density at radius 1 is 1.45 bits per heavy atom. The van der Waals surface area contributed by atoms with Crippen LogP contribution in [0.4, 0.5) is 4.39 Å². The number of aromatic nitrogens is 1. The van der Waals surface area contributed by atoms with Gasteiger partial charge in [0.25, 0.3) is 0 Å². The maximum Gasteiger partial charge on any atom is 0.236 e. The van der Waals surface area contributed by atoms with Gasteiger partial charge in [-0.15, -0.1) is 0 Å². The zero-order chi connectivity index (χ0) is 14.1. The first kappa shape index (κ1) is 12.8. The summed E-state index contributed by atoms with van der Waals surface area (Å²) in [5.74, 6) is 0.228. The quantitative estimate of drug-likeness (QED) is 0.897. The number of hydrogen-bond acceptors (Lipinski definition) is 4. The van der Waals surface area contributed by atoms with E-state index in [-0.39, 0.29) is 18.3 Å². The summed E-state index contributed by atoms with van der Waals surface area (Å²) >= 11 is 0. The van der Waals surface area contributed by atoms with Gasteiger partial charge in [-0.1, -0.05) is 17.3 Å². The lowest BCUT2D eigenvalue weighted by Gasteiger charge is -2.25. The maximum absolute atomic E-state index is 13.9. The van der Waals surface area contributed by atoms with Crippen molar-refractivity contribution in [2.75, 3.05) is 13.1 Å². The van der Waals surface area contributed by atoms with Gasteiger partial charge in [0.15, 0.2) is 0 Å². The first-order valence-corrected chi connectivity index (χ1v) is 6.41. The van der Waals surface area contributed by atoms with E-state index in [1.807, 2.05) is 0 Å². The van der Waals surface area contributed by atoms with Crippen molar-refractivity contribution >= 4 is 5.91 Å². The van der Waals surface area contributed by atoms with Crippen molar-refractivity contribution in [2.24, 2.45) is 5.73 Å². The molecule has 2 aromatic rings. The van der Waals surface area contributed by atoms with E-state index in [1.165, 1.54) is 6.07 Å². The van der Waals surface area contributed by atoms with E-state index < -0.39 is 0 Å². The lowest BCUT2D eigenvalue weighted by Crippen LogP contribution is -2.39. The number of halogens is 1. The topological polar surface area (TPSA) is 72.4 Å². The van der Waals surface area contributed by atoms with E-state index in [1.54, 1.807) is 23.1 Å². The minimum absolute atomic E-state index is 0.0321. The highest BCUT2D eigenvalue weighted by atomic mass is 19.1. The summed E-state index contributed by atoms with van der Waals surface area (Å²) in [5.41, 5.74) is 7.00. The molecule has 0 fully saturated rings. The summed E-state index contributed by atoms with van der Waals surface area (Å²) in [6.07, 6.45) is 0.572. The number of amides is 1. The SMILES string of the molecule is NCC(=O)N1CCc2onc(-c3ccccc3F)c2C1. The van der Waals surface area contributed by atoms with Gasteiger partial charge in [-0.25, -0.2) is 4.39 Å². The number of nitrogens with two attached hydrogens (primary N) is 1. The molecule has 0 unspecified atom stereocenters. The summed E-state index contributed by atoms with van der Waals surface area (Å²) in [6, 6.07) is 6.39. The summed E-state index contributed by atoms with van der Waals surface area (Å²) < 4.78 is 19.1. The molecule has 20 heavy (non-hydrogen) atoms. The molecule has 0 bridgehead atoms. The maximum atomic E-state index is 13.9. The monoisotopic (exact) mass is 275 g/mol. The highest BCUT2D eigenvalue weighted by molar-refractivity contribution is 5.78. The van der Waals surface area contributed by atoms with E-state index in [0.717, 1.165) is 5.56 Å². The van der Waals surface area contributed by atoms with Gasteiger partial charge in [-0.05, 0) is 12.1 Å². The van der Waals surface area contributed by atoms with E-state index in [0.29, 0.717) is 36.5 Å².